The predicted octanol–water partition coefficient (Wildman–Crippen LogP) is 0.364. The molecule has 1 heterocycles. The van der Waals surface area contributed by atoms with Crippen molar-refractivity contribution in [2.45, 2.75) is 32.2 Å². The van der Waals surface area contributed by atoms with Crippen LogP contribution in [-0.2, 0) is 14.6 Å². The highest BCUT2D eigenvalue weighted by Crippen LogP contribution is 2.16. The molecule has 1 rings (SSSR count). The Morgan fingerprint density at radius 2 is 2.00 bits per heavy atom. The fourth-order valence-corrected chi connectivity index (χ4v) is 3.91. The van der Waals surface area contributed by atoms with Gasteiger partial charge in [-0.3, -0.25) is 9.69 Å². The fourth-order valence-electron chi connectivity index (χ4n) is 2.13. The third-order valence-corrected chi connectivity index (χ3v) is 5.20. The number of amides is 1. The van der Waals surface area contributed by atoms with Crippen molar-refractivity contribution in [3.8, 4) is 0 Å². The third kappa shape index (κ3) is 4.57. The van der Waals surface area contributed by atoms with Gasteiger partial charge in [0, 0.05) is 13.1 Å². The van der Waals surface area contributed by atoms with Crippen LogP contribution in [0.2, 0.25) is 0 Å². The number of nitrogens with zero attached hydrogens (tertiary/aromatic N) is 2. The van der Waals surface area contributed by atoms with Crippen molar-refractivity contribution >= 4 is 15.7 Å². The van der Waals surface area contributed by atoms with Crippen molar-refractivity contribution in [2.75, 3.05) is 38.7 Å². The lowest BCUT2D eigenvalue weighted by molar-refractivity contribution is -0.132. The molecule has 0 radical (unpaired) electrons. The van der Waals surface area contributed by atoms with Crippen LogP contribution < -0.4 is 0 Å². The summed E-state index contributed by atoms with van der Waals surface area (Å²) in [5, 5.41) is 0. The van der Waals surface area contributed by atoms with Crippen molar-refractivity contribution in [2.24, 2.45) is 0 Å². The van der Waals surface area contributed by atoms with Crippen LogP contribution in [0.3, 0.4) is 0 Å². The third-order valence-electron chi connectivity index (χ3n) is 3.45. The van der Waals surface area contributed by atoms with Gasteiger partial charge in [-0.15, -0.1) is 0 Å². The second-order valence-corrected chi connectivity index (χ2v) is 7.38. The quantitative estimate of drug-likeness (QED) is 0.703. The van der Waals surface area contributed by atoms with Crippen LogP contribution in [-0.4, -0.2) is 68.9 Å². The van der Waals surface area contributed by atoms with Crippen molar-refractivity contribution in [1.82, 2.24) is 9.80 Å². The van der Waals surface area contributed by atoms with Gasteiger partial charge in [-0.25, -0.2) is 8.42 Å². The minimum atomic E-state index is -2.92. The average Bonchev–Trinajstić information content (AvgIpc) is 2.65. The van der Waals surface area contributed by atoms with Crippen molar-refractivity contribution in [3.05, 3.63) is 0 Å². The minimum Gasteiger partial charge on any atom is -0.341 e. The number of carbonyl (C=O) groups excluding carboxylic acids is 1. The SMILES string of the molecule is CCCCN(C)CC(=O)N(C)C1CCS(=O)(=O)C1. The second kappa shape index (κ2) is 6.52. The fraction of sp³-hybridized carbons (Fsp3) is 0.917. The molecule has 0 aromatic heterocycles. The highest BCUT2D eigenvalue weighted by Gasteiger charge is 2.32. The predicted molar refractivity (Wildman–Crippen MR) is 72.2 cm³/mol. The van der Waals surface area contributed by atoms with Gasteiger partial charge in [0.15, 0.2) is 9.84 Å². The van der Waals surface area contributed by atoms with Gasteiger partial charge in [0.25, 0.3) is 0 Å². The first kappa shape index (κ1) is 15.4. The first-order valence-electron chi connectivity index (χ1n) is 6.50. The number of sulfone groups is 1. The standard InChI is InChI=1S/C12H24N2O3S/c1-4-5-7-13(2)9-12(15)14(3)11-6-8-18(16,17)10-11/h11H,4-10H2,1-3H3. The monoisotopic (exact) mass is 276 g/mol. The molecule has 0 bridgehead atoms. The van der Waals surface area contributed by atoms with E-state index < -0.39 is 9.84 Å². The number of carbonyl (C=O) groups is 1. The molecule has 1 fully saturated rings. The maximum absolute atomic E-state index is 12.0. The molecule has 1 atom stereocenters. The minimum absolute atomic E-state index is 0.00991. The van der Waals surface area contributed by atoms with Gasteiger partial charge in [0.1, 0.15) is 0 Å². The lowest BCUT2D eigenvalue weighted by atomic mass is 10.2. The summed E-state index contributed by atoms with van der Waals surface area (Å²) in [5.41, 5.74) is 0. The number of hydrogen-bond donors (Lipinski definition) is 0. The van der Waals surface area contributed by atoms with Gasteiger partial charge in [0.05, 0.1) is 18.1 Å². The van der Waals surface area contributed by atoms with E-state index in [0.29, 0.717) is 13.0 Å². The normalized spacial score (nSPS) is 22.3. The first-order chi connectivity index (χ1) is 8.35. The molecule has 0 aromatic carbocycles. The van der Waals surface area contributed by atoms with E-state index in [2.05, 4.69) is 6.92 Å². The summed E-state index contributed by atoms with van der Waals surface area (Å²) >= 11 is 0. The van der Waals surface area contributed by atoms with E-state index in [9.17, 15) is 13.2 Å². The number of rotatable bonds is 6. The Hall–Kier alpha value is -0.620. The van der Waals surface area contributed by atoms with Crippen molar-refractivity contribution in [1.29, 1.82) is 0 Å². The van der Waals surface area contributed by atoms with Gasteiger partial charge >= 0.3 is 0 Å². The van der Waals surface area contributed by atoms with E-state index in [1.165, 1.54) is 0 Å². The topological polar surface area (TPSA) is 57.7 Å². The van der Waals surface area contributed by atoms with Crippen LogP contribution in [0, 0.1) is 0 Å². The molecule has 1 saturated heterocycles. The summed E-state index contributed by atoms with van der Waals surface area (Å²) in [6.45, 7) is 3.39. The van der Waals surface area contributed by atoms with Crippen LogP contribution in [0.4, 0.5) is 0 Å². The molecule has 1 unspecified atom stereocenters. The van der Waals surface area contributed by atoms with Crippen LogP contribution in [0.5, 0.6) is 0 Å². The molecular formula is C12H24N2O3S. The molecule has 1 amide bonds. The van der Waals surface area contributed by atoms with E-state index in [0.717, 1.165) is 19.4 Å². The smallest absolute Gasteiger partial charge is 0.236 e. The van der Waals surface area contributed by atoms with E-state index in [1.54, 1.807) is 11.9 Å². The Morgan fingerprint density at radius 1 is 1.33 bits per heavy atom. The van der Waals surface area contributed by atoms with Crippen LogP contribution in [0.1, 0.15) is 26.2 Å². The largest absolute Gasteiger partial charge is 0.341 e. The molecular weight excluding hydrogens is 252 g/mol. The Balaban J connectivity index is 2.42. The zero-order valence-corrected chi connectivity index (χ0v) is 12.4. The molecule has 0 aliphatic carbocycles. The molecule has 1 aliphatic heterocycles. The average molecular weight is 276 g/mol. The second-order valence-electron chi connectivity index (χ2n) is 5.15. The zero-order valence-electron chi connectivity index (χ0n) is 11.6. The van der Waals surface area contributed by atoms with Crippen LogP contribution >= 0.6 is 0 Å². The lowest BCUT2D eigenvalue weighted by Crippen LogP contribution is -2.43. The van der Waals surface area contributed by atoms with Gasteiger partial charge in [-0.1, -0.05) is 13.3 Å². The Morgan fingerprint density at radius 3 is 2.50 bits per heavy atom. The summed E-state index contributed by atoms with van der Waals surface area (Å²) < 4.78 is 22.8. The van der Waals surface area contributed by atoms with Gasteiger partial charge in [-0.2, -0.15) is 0 Å². The summed E-state index contributed by atoms with van der Waals surface area (Å²) in [6, 6.07) is -0.137. The molecule has 0 saturated carbocycles. The first-order valence-corrected chi connectivity index (χ1v) is 8.32. The number of likely N-dealkylation sites (N-methyl/N-ethyl adjacent to an activating group) is 2. The molecule has 0 N–H and O–H groups in total. The van der Waals surface area contributed by atoms with Crippen molar-refractivity contribution < 1.29 is 13.2 Å². The number of hydrogen-bond acceptors (Lipinski definition) is 4. The summed E-state index contributed by atoms with van der Waals surface area (Å²) in [6.07, 6.45) is 2.75. The van der Waals surface area contributed by atoms with E-state index in [-0.39, 0.29) is 23.5 Å². The molecule has 5 nitrogen and oxygen atoms in total. The van der Waals surface area contributed by atoms with Gasteiger partial charge in [-0.05, 0) is 26.4 Å². The number of unbranched alkanes of at least 4 members (excludes halogenated alkanes) is 1. The van der Waals surface area contributed by atoms with Crippen LogP contribution in [0.25, 0.3) is 0 Å². The highest BCUT2D eigenvalue weighted by atomic mass is 32.2. The van der Waals surface area contributed by atoms with Gasteiger partial charge in [0.2, 0.25) is 5.91 Å². The highest BCUT2D eigenvalue weighted by molar-refractivity contribution is 7.91. The Bertz CT molecular complexity index is 381. The molecule has 0 spiro atoms. The molecule has 1 aliphatic rings. The van der Waals surface area contributed by atoms with E-state index >= 15 is 0 Å². The maximum Gasteiger partial charge on any atom is 0.236 e. The summed E-state index contributed by atoms with van der Waals surface area (Å²) in [5.74, 6) is 0.338. The molecule has 106 valence electrons. The Kier molecular flexibility index (Phi) is 5.59. The van der Waals surface area contributed by atoms with E-state index in [1.807, 2.05) is 11.9 Å². The van der Waals surface area contributed by atoms with Crippen LogP contribution in [0.15, 0.2) is 0 Å². The Labute approximate surface area is 110 Å². The zero-order chi connectivity index (χ0) is 13.8. The lowest BCUT2D eigenvalue weighted by Gasteiger charge is -2.26. The van der Waals surface area contributed by atoms with E-state index in [4.69, 9.17) is 0 Å². The molecule has 0 aromatic rings. The summed E-state index contributed by atoms with van der Waals surface area (Å²) in [4.78, 5) is 15.6. The maximum atomic E-state index is 12.0. The van der Waals surface area contributed by atoms with Gasteiger partial charge < -0.3 is 4.90 Å². The van der Waals surface area contributed by atoms with Crippen molar-refractivity contribution in [3.63, 3.8) is 0 Å². The molecule has 6 heteroatoms. The summed E-state index contributed by atoms with van der Waals surface area (Å²) in [7, 11) is 0.709. The molecule has 18 heavy (non-hydrogen) atoms.